The van der Waals surface area contributed by atoms with Crippen LogP contribution in [0.1, 0.15) is 73.3 Å². The SMILES string of the molecule is O=C(OCC1CO1)c1cccc(Cc2ccc(N3C(=O)c4ccc(-c5ccc6c(c5)C(=O)NC6=O)cc4C3=O)c(C(=O)OCC3CO3)c2)c1. The monoisotopic (exact) mass is 658 g/mol. The van der Waals surface area contributed by atoms with Crippen molar-refractivity contribution in [3.63, 3.8) is 0 Å². The van der Waals surface area contributed by atoms with Crippen LogP contribution >= 0.6 is 0 Å². The number of amides is 4. The zero-order chi connectivity index (χ0) is 33.8. The summed E-state index contributed by atoms with van der Waals surface area (Å²) >= 11 is 0. The molecule has 0 bridgehead atoms. The highest BCUT2D eigenvalue weighted by Crippen LogP contribution is 2.35. The third-order valence-electron chi connectivity index (χ3n) is 8.65. The fraction of sp³-hybridized carbons (Fsp3) is 0.189. The lowest BCUT2D eigenvalue weighted by molar-refractivity contribution is 0.0469. The number of carbonyl (C=O) groups excluding carboxylic acids is 6. The van der Waals surface area contributed by atoms with Crippen LogP contribution in [0.25, 0.3) is 11.1 Å². The van der Waals surface area contributed by atoms with Gasteiger partial charge in [0.25, 0.3) is 23.6 Å². The third kappa shape index (κ3) is 5.88. The summed E-state index contributed by atoms with van der Waals surface area (Å²) in [5, 5.41) is 2.26. The average Bonchev–Trinajstić information content (AvgIpc) is 4.05. The van der Waals surface area contributed by atoms with Crippen molar-refractivity contribution in [1.82, 2.24) is 5.32 Å². The second-order valence-electron chi connectivity index (χ2n) is 12.1. The number of imide groups is 2. The van der Waals surface area contributed by atoms with Crippen molar-refractivity contribution >= 4 is 41.3 Å². The number of nitrogens with one attached hydrogen (secondary N) is 1. The zero-order valence-electron chi connectivity index (χ0n) is 25.7. The molecule has 0 aromatic heterocycles. The van der Waals surface area contributed by atoms with E-state index in [1.54, 1.807) is 54.6 Å². The molecule has 0 aliphatic carbocycles. The molecular formula is C37H26N2O10. The van der Waals surface area contributed by atoms with Crippen molar-refractivity contribution in [3.8, 4) is 11.1 Å². The molecule has 4 amide bonds. The first-order valence-corrected chi connectivity index (χ1v) is 15.6. The van der Waals surface area contributed by atoms with Crippen LogP contribution in [-0.2, 0) is 25.4 Å². The van der Waals surface area contributed by atoms with Gasteiger partial charge in [-0.25, -0.2) is 14.5 Å². The zero-order valence-corrected chi connectivity index (χ0v) is 25.7. The number of epoxide rings is 2. The Morgan fingerprint density at radius 2 is 1.29 bits per heavy atom. The number of ether oxygens (including phenoxy) is 4. The molecule has 4 aromatic carbocycles. The molecule has 4 aliphatic heterocycles. The second-order valence-corrected chi connectivity index (χ2v) is 12.1. The largest absolute Gasteiger partial charge is 0.459 e. The molecule has 49 heavy (non-hydrogen) atoms. The molecule has 244 valence electrons. The second kappa shape index (κ2) is 11.9. The molecule has 12 nitrogen and oxygen atoms in total. The minimum absolute atomic E-state index is 0.0159. The lowest BCUT2D eigenvalue weighted by atomic mass is 9.97. The third-order valence-corrected chi connectivity index (χ3v) is 8.65. The summed E-state index contributed by atoms with van der Waals surface area (Å²) in [6.45, 7) is 1.26. The van der Waals surface area contributed by atoms with Crippen molar-refractivity contribution in [2.45, 2.75) is 18.6 Å². The van der Waals surface area contributed by atoms with Crippen LogP contribution in [-0.4, -0.2) is 74.2 Å². The number of hydrogen-bond acceptors (Lipinski definition) is 10. The van der Waals surface area contributed by atoms with Crippen LogP contribution in [0.15, 0.2) is 78.9 Å². The van der Waals surface area contributed by atoms with Gasteiger partial charge < -0.3 is 18.9 Å². The van der Waals surface area contributed by atoms with E-state index in [4.69, 9.17) is 18.9 Å². The Bertz CT molecular complexity index is 2130. The Kier molecular flexibility index (Phi) is 7.38. The Morgan fingerprint density at radius 3 is 2.00 bits per heavy atom. The summed E-state index contributed by atoms with van der Waals surface area (Å²) in [4.78, 5) is 78.7. The number of carbonyl (C=O) groups is 6. The standard InChI is InChI=1S/C37H26N2O10/c40-32-26-7-5-21(13-28(26)33(41)38-32)22-6-8-27-29(14-22)35(43)39(34(27)42)31-9-4-20(12-30(31)37(45)49-18-25-16-47-25)10-19-2-1-3-23(11-19)36(44)48-17-24-15-46-24/h1-9,11-14,24-25H,10,15-18H2,(H,38,40,41). The Morgan fingerprint density at radius 1 is 0.673 bits per heavy atom. The van der Waals surface area contributed by atoms with Gasteiger partial charge in [-0.3, -0.25) is 24.5 Å². The number of anilines is 1. The van der Waals surface area contributed by atoms with Crippen molar-refractivity contribution in [2.24, 2.45) is 0 Å². The van der Waals surface area contributed by atoms with E-state index >= 15 is 0 Å². The molecule has 4 aromatic rings. The van der Waals surface area contributed by atoms with Crippen molar-refractivity contribution in [1.29, 1.82) is 0 Å². The summed E-state index contributed by atoms with van der Waals surface area (Å²) in [7, 11) is 0. The van der Waals surface area contributed by atoms with Crippen LogP contribution < -0.4 is 10.2 Å². The smallest absolute Gasteiger partial charge is 0.340 e. The number of esters is 2. The predicted molar refractivity (Wildman–Crippen MR) is 171 cm³/mol. The van der Waals surface area contributed by atoms with Gasteiger partial charge in [0, 0.05) is 0 Å². The van der Waals surface area contributed by atoms with Gasteiger partial charge in [-0.2, -0.15) is 0 Å². The van der Waals surface area contributed by atoms with E-state index in [2.05, 4.69) is 5.32 Å². The molecule has 4 heterocycles. The summed E-state index contributed by atoms with van der Waals surface area (Å²) in [5.74, 6) is -3.42. The summed E-state index contributed by atoms with van der Waals surface area (Å²) in [6.07, 6.45) is 0.0714. The van der Waals surface area contributed by atoms with Crippen LogP contribution in [0, 0.1) is 0 Å². The number of nitrogens with zero attached hydrogens (tertiary/aromatic N) is 1. The normalized spacial score (nSPS) is 18.6. The maximum Gasteiger partial charge on any atom is 0.340 e. The van der Waals surface area contributed by atoms with Crippen LogP contribution in [0.5, 0.6) is 0 Å². The Labute approximate surface area is 278 Å². The molecular weight excluding hydrogens is 632 g/mol. The fourth-order valence-corrected chi connectivity index (χ4v) is 5.91. The maximum atomic E-state index is 13.9. The van der Waals surface area contributed by atoms with Crippen molar-refractivity contribution < 1.29 is 47.7 Å². The van der Waals surface area contributed by atoms with E-state index in [9.17, 15) is 28.8 Å². The molecule has 2 unspecified atom stereocenters. The highest BCUT2D eigenvalue weighted by Gasteiger charge is 2.39. The minimum Gasteiger partial charge on any atom is -0.459 e. The quantitative estimate of drug-likeness (QED) is 0.151. The van der Waals surface area contributed by atoms with Crippen LogP contribution in [0.2, 0.25) is 0 Å². The Balaban J connectivity index is 1.08. The molecule has 2 atom stereocenters. The molecule has 2 fully saturated rings. The van der Waals surface area contributed by atoms with Gasteiger partial charge in [0.2, 0.25) is 0 Å². The number of hydrogen-bond donors (Lipinski definition) is 1. The highest BCUT2D eigenvalue weighted by atomic mass is 16.6. The van der Waals surface area contributed by atoms with Gasteiger partial charge in [0.05, 0.1) is 52.3 Å². The number of benzene rings is 4. The molecule has 8 rings (SSSR count). The first kappa shape index (κ1) is 30.4. The van der Waals surface area contributed by atoms with Crippen LogP contribution in [0.3, 0.4) is 0 Å². The predicted octanol–water partition coefficient (Wildman–Crippen LogP) is 3.74. The topological polar surface area (TPSA) is 161 Å². The van der Waals surface area contributed by atoms with Gasteiger partial charge in [0.1, 0.15) is 25.4 Å². The van der Waals surface area contributed by atoms with Crippen LogP contribution in [0.4, 0.5) is 5.69 Å². The van der Waals surface area contributed by atoms with E-state index in [-0.39, 0.29) is 58.9 Å². The van der Waals surface area contributed by atoms with Gasteiger partial charge in [-0.15, -0.1) is 0 Å². The fourth-order valence-electron chi connectivity index (χ4n) is 5.91. The maximum absolute atomic E-state index is 13.9. The highest BCUT2D eigenvalue weighted by molar-refractivity contribution is 6.35. The first-order chi connectivity index (χ1) is 23.7. The van der Waals surface area contributed by atoms with Crippen molar-refractivity contribution in [2.75, 3.05) is 31.3 Å². The molecule has 0 saturated carbocycles. The Hall–Kier alpha value is -5.98. The number of rotatable bonds is 10. The van der Waals surface area contributed by atoms with Gasteiger partial charge in [0.15, 0.2) is 0 Å². The van der Waals surface area contributed by atoms with E-state index < -0.39 is 35.6 Å². The lowest BCUT2D eigenvalue weighted by Gasteiger charge is -2.19. The summed E-state index contributed by atoms with van der Waals surface area (Å²) in [5.41, 5.74) is 3.79. The van der Waals surface area contributed by atoms with E-state index in [1.165, 1.54) is 18.2 Å². The molecule has 2 saturated heterocycles. The van der Waals surface area contributed by atoms with Crippen molar-refractivity contribution in [3.05, 3.63) is 123 Å². The molecule has 0 spiro atoms. The summed E-state index contributed by atoms with van der Waals surface area (Å²) in [6, 6.07) is 21.2. The van der Waals surface area contributed by atoms with E-state index in [0.29, 0.717) is 41.9 Å². The first-order valence-electron chi connectivity index (χ1n) is 15.6. The van der Waals surface area contributed by atoms with Gasteiger partial charge in [-0.05, 0) is 77.2 Å². The van der Waals surface area contributed by atoms with Gasteiger partial charge in [-0.1, -0.05) is 30.3 Å². The molecule has 12 heteroatoms. The minimum atomic E-state index is -0.727. The van der Waals surface area contributed by atoms with E-state index in [1.807, 2.05) is 6.07 Å². The average molecular weight is 659 g/mol. The number of fused-ring (bicyclic) bond motifs is 2. The van der Waals surface area contributed by atoms with Gasteiger partial charge >= 0.3 is 11.9 Å². The molecule has 0 radical (unpaired) electrons. The molecule has 4 aliphatic rings. The van der Waals surface area contributed by atoms with E-state index in [0.717, 1.165) is 10.5 Å². The molecule has 1 N–H and O–H groups in total. The lowest BCUT2D eigenvalue weighted by Crippen LogP contribution is -2.31. The summed E-state index contributed by atoms with van der Waals surface area (Å²) < 4.78 is 21.1.